The summed E-state index contributed by atoms with van der Waals surface area (Å²) in [4.78, 5) is 29.2. The van der Waals surface area contributed by atoms with Crippen LogP contribution in [-0.2, 0) is 9.53 Å². The molecule has 2 aromatic carbocycles. The molecule has 38 heavy (non-hydrogen) atoms. The van der Waals surface area contributed by atoms with E-state index in [0.717, 1.165) is 37.9 Å². The molecule has 204 valence electrons. The fourth-order valence-electron chi connectivity index (χ4n) is 3.66. The Hall–Kier alpha value is -4.04. The maximum Gasteiger partial charge on any atom is 0.247 e. The number of benzene rings is 2. The minimum absolute atomic E-state index is 0.0997. The molecule has 0 bridgehead atoms. The lowest BCUT2D eigenvalue weighted by Crippen LogP contribution is -2.44. The van der Waals surface area contributed by atoms with Crippen LogP contribution in [-0.4, -0.2) is 56.9 Å². The molecule has 3 rings (SSSR count). The van der Waals surface area contributed by atoms with Gasteiger partial charge in [-0.25, -0.2) is 0 Å². The number of allylic oxidation sites excluding steroid dienone is 2. The standard InChI is InChI=1S/C27H32N4O4.C3H8/c1-6-24(27(33)20-9-8-10-21(17-20)29-26(32)7-2)35-19(3)28-23-12-11-22(18-25(23)34-5)31-15-13-30(4)14-16-31;1-3-2/h6-12,17-18,28H,2-3,13-16H2,1,4-5H3,(H,29,32);3H2,1-2H3/b24-6-;. The number of carbonyl (C=O) groups excluding carboxylic acids is 2. The third-order valence-corrected chi connectivity index (χ3v) is 5.62. The zero-order chi connectivity index (χ0) is 28.1. The molecule has 0 aliphatic carbocycles. The predicted octanol–water partition coefficient (Wildman–Crippen LogP) is 5.67. The molecule has 0 aromatic heterocycles. The van der Waals surface area contributed by atoms with Crippen LogP contribution < -0.4 is 20.3 Å². The molecular formula is C30H40N4O4. The van der Waals surface area contributed by atoms with Crippen LogP contribution in [0.4, 0.5) is 17.1 Å². The van der Waals surface area contributed by atoms with Crippen molar-refractivity contribution in [1.82, 2.24) is 4.90 Å². The second-order valence-corrected chi connectivity index (χ2v) is 8.79. The number of ether oxygens (including phenoxy) is 2. The first-order valence-corrected chi connectivity index (χ1v) is 12.8. The second-order valence-electron chi connectivity index (χ2n) is 8.79. The lowest BCUT2D eigenvalue weighted by Gasteiger charge is -2.34. The summed E-state index contributed by atoms with van der Waals surface area (Å²) in [7, 11) is 3.73. The van der Waals surface area contributed by atoms with Crippen LogP contribution in [0.5, 0.6) is 5.75 Å². The normalized spacial score (nSPS) is 13.5. The number of rotatable bonds is 10. The van der Waals surface area contributed by atoms with Crippen LogP contribution in [0, 0.1) is 0 Å². The molecule has 8 heteroatoms. The summed E-state index contributed by atoms with van der Waals surface area (Å²) in [5, 5.41) is 5.73. The van der Waals surface area contributed by atoms with E-state index in [1.807, 2.05) is 18.2 Å². The molecule has 0 atom stereocenters. The van der Waals surface area contributed by atoms with Crippen molar-refractivity contribution in [2.45, 2.75) is 27.2 Å². The van der Waals surface area contributed by atoms with Crippen LogP contribution >= 0.6 is 0 Å². The van der Waals surface area contributed by atoms with Gasteiger partial charge in [0, 0.05) is 49.2 Å². The molecule has 0 saturated carbocycles. The van der Waals surface area contributed by atoms with Crippen LogP contribution in [0.15, 0.2) is 79.4 Å². The number of anilines is 3. The smallest absolute Gasteiger partial charge is 0.247 e. The number of carbonyl (C=O) groups is 2. The van der Waals surface area contributed by atoms with Gasteiger partial charge >= 0.3 is 0 Å². The van der Waals surface area contributed by atoms with E-state index in [1.165, 1.54) is 6.42 Å². The fourth-order valence-corrected chi connectivity index (χ4v) is 3.66. The minimum atomic E-state index is -0.359. The first-order valence-electron chi connectivity index (χ1n) is 12.8. The molecule has 1 aliphatic rings. The van der Waals surface area contributed by atoms with E-state index in [-0.39, 0.29) is 23.3 Å². The average Bonchev–Trinajstić information content (AvgIpc) is 2.92. The molecule has 1 amide bonds. The van der Waals surface area contributed by atoms with Gasteiger partial charge in [-0.15, -0.1) is 0 Å². The maximum absolute atomic E-state index is 13.0. The first-order chi connectivity index (χ1) is 18.3. The molecule has 0 unspecified atom stereocenters. The summed E-state index contributed by atoms with van der Waals surface area (Å²) in [5.74, 6) is 0.214. The summed E-state index contributed by atoms with van der Waals surface area (Å²) in [6, 6.07) is 12.5. The number of nitrogens with zero attached hydrogens (tertiary/aromatic N) is 2. The third kappa shape index (κ3) is 8.81. The highest BCUT2D eigenvalue weighted by atomic mass is 16.5. The highest BCUT2D eigenvalue weighted by Crippen LogP contribution is 2.31. The predicted molar refractivity (Wildman–Crippen MR) is 156 cm³/mol. The summed E-state index contributed by atoms with van der Waals surface area (Å²) in [6.45, 7) is 17.2. The number of methoxy groups -OCH3 is 1. The monoisotopic (exact) mass is 520 g/mol. The van der Waals surface area contributed by atoms with Crippen molar-refractivity contribution < 1.29 is 19.1 Å². The van der Waals surface area contributed by atoms with E-state index in [4.69, 9.17) is 9.47 Å². The number of ketones is 1. The van der Waals surface area contributed by atoms with Crippen molar-refractivity contribution in [2.75, 3.05) is 55.9 Å². The third-order valence-electron chi connectivity index (χ3n) is 5.62. The van der Waals surface area contributed by atoms with Crippen molar-refractivity contribution in [1.29, 1.82) is 0 Å². The lowest BCUT2D eigenvalue weighted by molar-refractivity contribution is -0.111. The number of nitrogens with one attached hydrogen (secondary N) is 2. The molecule has 2 aromatic rings. The van der Waals surface area contributed by atoms with E-state index in [1.54, 1.807) is 44.4 Å². The van der Waals surface area contributed by atoms with Gasteiger partial charge in [-0.3, -0.25) is 9.59 Å². The van der Waals surface area contributed by atoms with E-state index >= 15 is 0 Å². The zero-order valence-electron chi connectivity index (χ0n) is 23.2. The molecule has 0 spiro atoms. The van der Waals surface area contributed by atoms with Crippen LogP contribution in [0.25, 0.3) is 0 Å². The highest BCUT2D eigenvalue weighted by Gasteiger charge is 2.18. The fraction of sp³-hybridized carbons (Fsp3) is 0.333. The minimum Gasteiger partial charge on any atom is -0.494 e. The van der Waals surface area contributed by atoms with E-state index in [9.17, 15) is 9.59 Å². The second kappa shape index (κ2) is 15.3. The van der Waals surface area contributed by atoms with E-state index in [0.29, 0.717) is 22.7 Å². The number of Topliss-reactive ketones (excluding diaryl/α,β-unsaturated/α-hetero) is 1. The topological polar surface area (TPSA) is 83.1 Å². The van der Waals surface area contributed by atoms with E-state index in [2.05, 4.69) is 54.5 Å². The summed E-state index contributed by atoms with van der Waals surface area (Å²) < 4.78 is 11.3. The summed E-state index contributed by atoms with van der Waals surface area (Å²) in [5.41, 5.74) is 2.60. The molecule has 1 fully saturated rings. The van der Waals surface area contributed by atoms with Crippen molar-refractivity contribution in [3.63, 3.8) is 0 Å². The molecule has 2 N–H and O–H groups in total. The number of hydrogen-bond donors (Lipinski definition) is 2. The highest BCUT2D eigenvalue weighted by molar-refractivity contribution is 6.08. The van der Waals surface area contributed by atoms with Gasteiger partial charge in [0.05, 0.1) is 12.8 Å². The number of hydrogen-bond acceptors (Lipinski definition) is 7. The summed E-state index contributed by atoms with van der Waals surface area (Å²) in [6.07, 6.45) is 3.98. The van der Waals surface area contributed by atoms with Gasteiger partial charge < -0.3 is 29.9 Å². The van der Waals surface area contributed by atoms with Gasteiger partial charge in [-0.05, 0) is 57.0 Å². The van der Waals surface area contributed by atoms with Crippen LogP contribution in [0.3, 0.4) is 0 Å². The van der Waals surface area contributed by atoms with Gasteiger partial charge in [0.1, 0.15) is 5.75 Å². The Balaban J connectivity index is 0.00000161. The van der Waals surface area contributed by atoms with Crippen molar-refractivity contribution in [3.8, 4) is 5.75 Å². The molecule has 1 aliphatic heterocycles. The summed E-state index contributed by atoms with van der Waals surface area (Å²) >= 11 is 0. The van der Waals surface area contributed by atoms with Crippen LogP contribution in [0.1, 0.15) is 37.6 Å². The van der Waals surface area contributed by atoms with Gasteiger partial charge in [0.15, 0.2) is 11.6 Å². The lowest BCUT2D eigenvalue weighted by atomic mass is 10.1. The number of piperazine rings is 1. The van der Waals surface area contributed by atoms with Gasteiger partial charge in [0.25, 0.3) is 0 Å². The molecular weight excluding hydrogens is 480 g/mol. The first kappa shape index (κ1) is 30.2. The molecule has 1 heterocycles. The Labute approximate surface area is 226 Å². The largest absolute Gasteiger partial charge is 0.494 e. The van der Waals surface area contributed by atoms with Crippen molar-refractivity contribution in [2.24, 2.45) is 0 Å². The van der Waals surface area contributed by atoms with Gasteiger partial charge in [-0.1, -0.05) is 39.0 Å². The molecule has 8 nitrogen and oxygen atoms in total. The number of amides is 1. The molecule has 1 saturated heterocycles. The van der Waals surface area contributed by atoms with E-state index < -0.39 is 0 Å². The molecule has 0 radical (unpaired) electrons. The average molecular weight is 521 g/mol. The van der Waals surface area contributed by atoms with Gasteiger partial charge in [-0.2, -0.15) is 0 Å². The number of likely N-dealkylation sites (N-methyl/N-ethyl adjacent to an activating group) is 1. The maximum atomic E-state index is 13.0. The zero-order valence-corrected chi connectivity index (χ0v) is 23.2. The Morgan fingerprint density at radius 2 is 1.74 bits per heavy atom. The van der Waals surface area contributed by atoms with Crippen molar-refractivity contribution >= 4 is 28.8 Å². The SMILES string of the molecule is C=CC(=O)Nc1cccc(C(=O)/C(=C/C)OC(=C)Nc2ccc(N3CCN(C)CC3)cc2OC)c1.CCC. The van der Waals surface area contributed by atoms with Gasteiger partial charge in [0.2, 0.25) is 11.7 Å². The Morgan fingerprint density at radius 1 is 1.05 bits per heavy atom. The Bertz CT molecular complexity index is 1150. The van der Waals surface area contributed by atoms with Crippen molar-refractivity contribution in [3.05, 3.63) is 85.0 Å². The quantitative estimate of drug-likeness (QED) is 0.237. The Kier molecular flexibility index (Phi) is 12.1. The Morgan fingerprint density at radius 3 is 2.34 bits per heavy atom. The van der Waals surface area contributed by atoms with Crippen LogP contribution in [0.2, 0.25) is 0 Å².